The summed E-state index contributed by atoms with van der Waals surface area (Å²) >= 11 is 0. The van der Waals surface area contributed by atoms with Crippen molar-refractivity contribution in [2.45, 2.75) is 38.5 Å². The van der Waals surface area contributed by atoms with Crippen molar-refractivity contribution in [3.05, 3.63) is 241 Å². The first-order valence-corrected chi connectivity index (χ1v) is 23.3. The first-order valence-electron chi connectivity index (χ1n) is 23.3. The summed E-state index contributed by atoms with van der Waals surface area (Å²) in [5.41, 5.74) is 17.3. The lowest BCUT2D eigenvalue weighted by Gasteiger charge is -2.29. The Morgan fingerprint density at radius 2 is 0.591 bits per heavy atom. The summed E-state index contributed by atoms with van der Waals surface area (Å²) in [7, 11) is 0. The maximum Gasteiger partial charge on any atom is 0.0546 e. The molecule has 13 rings (SSSR count). The highest BCUT2D eigenvalue weighted by Crippen LogP contribution is 2.58. The molecule has 2 aliphatic carbocycles. The molecule has 0 unspecified atom stereocenters. The van der Waals surface area contributed by atoms with Gasteiger partial charge >= 0.3 is 0 Å². The predicted octanol–water partition coefficient (Wildman–Crippen LogP) is 17.9. The lowest BCUT2D eigenvalue weighted by atomic mass is 9.79. The Morgan fingerprint density at radius 3 is 1.00 bits per heavy atom. The van der Waals surface area contributed by atoms with E-state index in [1.54, 1.807) is 0 Å². The molecule has 0 radical (unpaired) electrons. The van der Waals surface area contributed by atoms with Crippen LogP contribution in [0.4, 0.5) is 34.1 Å². The molecular weight excluding hydrogens is 797 g/mol. The highest BCUT2D eigenvalue weighted by Gasteiger charge is 2.42. The van der Waals surface area contributed by atoms with E-state index in [-0.39, 0.29) is 10.8 Å². The minimum atomic E-state index is -0.225. The van der Waals surface area contributed by atoms with Gasteiger partial charge in [0.25, 0.3) is 0 Å². The second-order valence-electron chi connectivity index (χ2n) is 19.3. The number of benzene rings is 11. The van der Waals surface area contributed by atoms with Gasteiger partial charge in [0.1, 0.15) is 0 Å². The third-order valence-corrected chi connectivity index (χ3v) is 15.0. The van der Waals surface area contributed by atoms with Crippen LogP contribution in [0.3, 0.4) is 0 Å². The van der Waals surface area contributed by atoms with E-state index in [1.165, 1.54) is 99.0 Å². The molecule has 2 aliphatic rings. The van der Waals surface area contributed by atoms with Gasteiger partial charge in [-0.3, -0.25) is 0 Å². The number of rotatable bonds is 6. The maximum absolute atomic E-state index is 2.54. The fourth-order valence-electron chi connectivity index (χ4n) is 11.7. The molecule has 0 spiro atoms. The molecule has 0 saturated carbocycles. The van der Waals surface area contributed by atoms with E-state index < -0.39 is 0 Å². The van der Waals surface area contributed by atoms with Crippen molar-refractivity contribution in [2.75, 3.05) is 9.80 Å². The monoisotopic (exact) mass is 844 g/mol. The first kappa shape index (κ1) is 38.5. The molecule has 0 heterocycles. The second kappa shape index (κ2) is 14.3. The highest BCUT2D eigenvalue weighted by atomic mass is 15.1. The van der Waals surface area contributed by atoms with Crippen LogP contribution in [-0.4, -0.2) is 0 Å². The summed E-state index contributed by atoms with van der Waals surface area (Å²) < 4.78 is 0. The van der Waals surface area contributed by atoms with E-state index in [1.807, 2.05) is 0 Å². The Morgan fingerprint density at radius 1 is 0.258 bits per heavy atom. The number of fused-ring (bicyclic) bond motifs is 12. The molecule has 0 N–H and O–H groups in total. The van der Waals surface area contributed by atoms with Crippen LogP contribution in [-0.2, 0) is 10.8 Å². The quantitative estimate of drug-likeness (QED) is 0.154. The molecule has 11 aromatic carbocycles. The van der Waals surface area contributed by atoms with Gasteiger partial charge in [-0.05, 0) is 150 Å². The van der Waals surface area contributed by atoms with E-state index >= 15 is 0 Å². The Bertz CT molecular complexity index is 3520. The van der Waals surface area contributed by atoms with Crippen LogP contribution >= 0.6 is 0 Å². The topological polar surface area (TPSA) is 6.48 Å². The van der Waals surface area contributed by atoms with E-state index in [0.29, 0.717) is 0 Å². The molecule has 314 valence electrons. The fraction of sp³-hybridized carbons (Fsp3) is 0.0938. The van der Waals surface area contributed by atoms with Gasteiger partial charge in [0.2, 0.25) is 0 Å². The molecule has 0 aromatic heterocycles. The summed E-state index contributed by atoms with van der Waals surface area (Å²) in [6, 6.07) is 81.2. The van der Waals surface area contributed by atoms with Crippen molar-refractivity contribution in [1.82, 2.24) is 0 Å². The zero-order chi connectivity index (χ0) is 44.3. The SMILES string of the molecule is CC1(C)c2cc(N(c3ccccc3)c3cc4ccccc4c4ccccc34)ccc2-c2cc3c(cc21)-c1ccc(N(c2ccccc2)c2cc4ccccc4c4ccccc24)cc1C3(C)C. The second-order valence-corrected chi connectivity index (χ2v) is 19.3. The number of hydrogen-bond donors (Lipinski definition) is 0. The zero-order valence-corrected chi connectivity index (χ0v) is 37.7. The number of para-hydroxylation sites is 2. The lowest BCUT2D eigenvalue weighted by Crippen LogP contribution is -2.18. The van der Waals surface area contributed by atoms with Crippen LogP contribution in [0.2, 0.25) is 0 Å². The Kier molecular flexibility index (Phi) is 8.33. The van der Waals surface area contributed by atoms with Gasteiger partial charge in [-0.15, -0.1) is 0 Å². The third-order valence-electron chi connectivity index (χ3n) is 15.0. The van der Waals surface area contributed by atoms with Gasteiger partial charge in [0.05, 0.1) is 11.4 Å². The van der Waals surface area contributed by atoms with E-state index in [4.69, 9.17) is 0 Å². The minimum Gasteiger partial charge on any atom is -0.310 e. The molecule has 0 saturated heterocycles. The molecule has 11 aromatic rings. The standard InChI is InChI=1S/C64H48N2/c1-63(2)57-37-45(65(43-21-7-5-8-22-43)61-35-41-19-11-13-25-47(41)49-27-15-17-29-53(49)61)31-33-51(57)55-40-60-56(39-59(55)63)52-34-32-46(38-58(52)64(60,3)4)66(44-23-9-6-10-24-44)62-36-42-20-12-14-26-48(42)50-28-16-18-30-54(50)62/h5-40H,1-4H3. The van der Waals surface area contributed by atoms with Gasteiger partial charge in [0, 0.05) is 44.4 Å². The molecular formula is C64H48N2. The smallest absolute Gasteiger partial charge is 0.0546 e. The van der Waals surface area contributed by atoms with Crippen LogP contribution in [0, 0.1) is 0 Å². The van der Waals surface area contributed by atoms with Gasteiger partial charge in [-0.1, -0.05) is 173 Å². The molecule has 0 aliphatic heterocycles. The van der Waals surface area contributed by atoms with Crippen LogP contribution in [0.1, 0.15) is 49.9 Å². The summed E-state index contributed by atoms with van der Waals surface area (Å²) in [5.74, 6) is 0. The first-order chi connectivity index (χ1) is 32.3. The van der Waals surface area contributed by atoms with Gasteiger partial charge in [0.15, 0.2) is 0 Å². The summed E-state index contributed by atoms with van der Waals surface area (Å²) in [4.78, 5) is 4.93. The molecule has 0 fully saturated rings. The van der Waals surface area contributed by atoms with Crippen LogP contribution in [0.15, 0.2) is 218 Å². The Hall–Kier alpha value is -7.94. The fourth-order valence-corrected chi connectivity index (χ4v) is 11.7. The average molecular weight is 845 g/mol. The van der Waals surface area contributed by atoms with Crippen molar-refractivity contribution < 1.29 is 0 Å². The molecule has 0 bridgehead atoms. The molecule has 0 amide bonds. The Labute approximate surface area is 386 Å². The number of nitrogens with zero attached hydrogens (tertiary/aromatic N) is 2. The predicted molar refractivity (Wildman–Crippen MR) is 281 cm³/mol. The normalized spacial score (nSPS) is 14.0. The maximum atomic E-state index is 2.54. The zero-order valence-electron chi connectivity index (χ0n) is 37.7. The van der Waals surface area contributed by atoms with Crippen molar-refractivity contribution in [2.24, 2.45) is 0 Å². The van der Waals surface area contributed by atoms with E-state index in [9.17, 15) is 0 Å². The molecule has 0 atom stereocenters. The molecule has 2 heteroatoms. The lowest BCUT2D eigenvalue weighted by molar-refractivity contribution is 0.652. The summed E-state index contributed by atoms with van der Waals surface area (Å²) in [5, 5.41) is 10.0. The molecule has 66 heavy (non-hydrogen) atoms. The van der Waals surface area contributed by atoms with E-state index in [0.717, 1.165) is 22.7 Å². The van der Waals surface area contributed by atoms with Crippen molar-refractivity contribution in [3.63, 3.8) is 0 Å². The van der Waals surface area contributed by atoms with Crippen molar-refractivity contribution in [3.8, 4) is 22.3 Å². The van der Waals surface area contributed by atoms with Crippen LogP contribution in [0.5, 0.6) is 0 Å². The average Bonchev–Trinajstić information content (AvgIpc) is 3.72. The summed E-state index contributed by atoms with van der Waals surface area (Å²) in [6.07, 6.45) is 0. The van der Waals surface area contributed by atoms with Gasteiger partial charge in [-0.25, -0.2) is 0 Å². The van der Waals surface area contributed by atoms with Crippen molar-refractivity contribution >= 4 is 77.2 Å². The largest absolute Gasteiger partial charge is 0.310 e. The van der Waals surface area contributed by atoms with Gasteiger partial charge in [-0.2, -0.15) is 0 Å². The van der Waals surface area contributed by atoms with E-state index in [2.05, 4.69) is 256 Å². The number of hydrogen-bond acceptors (Lipinski definition) is 2. The summed E-state index contributed by atoms with van der Waals surface area (Å²) in [6.45, 7) is 9.67. The highest BCUT2D eigenvalue weighted by molar-refractivity contribution is 6.16. The van der Waals surface area contributed by atoms with Crippen LogP contribution in [0.25, 0.3) is 65.3 Å². The van der Waals surface area contributed by atoms with Gasteiger partial charge < -0.3 is 9.80 Å². The third kappa shape index (κ3) is 5.61. The number of anilines is 6. The Balaban J connectivity index is 0.940. The minimum absolute atomic E-state index is 0.225. The molecule has 2 nitrogen and oxygen atoms in total. The van der Waals surface area contributed by atoms with Crippen molar-refractivity contribution in [1.29, 1.82) is 0 Å². The van der Waals surface area contributed by atoms with Crippen LogP contribution < -0.4 is 9.80 Å².